The summed E-state index contributed by atoms with van der Waals surface area (Å²) in [5, 5.41) is 4.48. The van der Waals surface area contributed by atoms with E-state index in [2.05, 4.69) is 120 Å². The molecule has 4 heterocycles. The minimum Gasteiger partial charge on any atom is -0.485 e. The Labute approximate surface area is 327 Å². The molecule has 0 radical (unpaired) electrons. The standard InChI is InChI=1S/C51H32N4O2/c1-3-12-31(13-4-1)49-52-50(33-23-26-45-40(29-33)38-17-8-10-20-44(38)56-45)54-51(53-49)34-24-27-46-41(30-34)48-36(18-11-21-47(48)57-46)32-22-25-43-39(28-32)37-16-7-9-19-42(37)55(43)35-14-5-2-6-15-35/h1-30,38,44H. The van der Waals surface area contributed by atoms with Crippen molar-refractivity contribution in [2.75, 3.05) is 0 Å². The number of hydrogen-bond acceptors (Lipinski definition) is 5. The largest absolute Gasteiger partial charge is 0.485 e. The minimum atomic E-state index is 0.00653. The number of ether oxygens (including phenoxy) is 1. The third-order valence-electron chi connectivity index (χ3n) is 11.4. The Balaban J connectivity index is 1.02. The van der Waals surface area contributed by atoms with Crippen molar-refractivity contribution in [1.29, 1.82) is 0 Å². The maximum absolute atomic E-state index is 6.52. The molecule has 1 aliphatic heterocycles. The smallest absolute Gasteiger partial charge is 0.164 e. The predicted molar refractivity (Wildman–Crippen MR) is 229 cm³/mol. The molecule has 3 aromatic heterocycles. The number of allylic oxidation sites excluding steroid dienone is 2. The SMILES string of the molecule is C1=CC2Oc3ccc(-c4nc(-c5ccccc5)nc(-c5ccc6oc7cccc(-c8ccc9c(c8)c8ccccc8n9-c8ccccc8)c7c6c5)n4)cc3C2C=C1. The summed E-state index contributed by atoms with van der Waals surface area (Å²) in [6.07, 6.45) is 8.46. The number of para-hydroxylation sites is 2. The Morgan fingerprint density at radius 2 is 1.16 bits per heavy atom. The summed E-state index contributed by atoms with van der Waals surface area (Å²) >= 11 is 0. The third kappa shape index (κ3) is 5.07. The van der Waals surface area contributed by atoms with Crippen LogP contribution < -0.4 is 4.74 Å². The monoisotopic (exact) mass is 732 g/mol. The fourth-order valence-electron chi connectivity index (χ4n) is 8.73. The summed E-state index contributed by atoms with van der Waals surface area (Å²) in [6, 6.07) is 54.9. The normalized spacial score (nSPS) is 15.7. The van der Waals surface area contributed by atoms with Gasteiger partial charge in [-0.3, -0.25) is 0 Å². The zero-order valence-electron chi connectivity index (χ0n) is 30.6. The van der Waals surface area contributed by atoms with Gasteiger partial charge in [0.25, 0.3) is 0 Å². The van der Waals surface area contributed by atoms with E-state index in [1.54, 1.807) is 0 Å². The van der Waals surface area contributed by atoms with Gasteiger partial charge >= 0.3 is 0 Å². The van der Waals surface area contributed by atoms with Crippen molar-refractivity contribution < 1.29 is 9.15 Å². The van der Waals surface area contributed by atoms with E-state index in [0.717, 1.165) is 66.8 Å². The van der Waals surface area contributed by atoms with Crippen LogP contribution in [0.5, 0.6) is 5.75 Å². The molecule has 6 nitrogen and oxygen atoms in total. The van der Waals surface area contributed by atoms with Gasteiger partial charge in [-0.1, -0.05) is 103 Å². The summed E-state index contributed by atoms with van der Waals surface area (Å²) in [5.74, 6) is 2.89. The number of hydrogen-bond donors (Lipinski definition) is 0. The van der Waals surface area contributed by atoms with E-state index in [4.69, 9.17) is 24.1 Å². The van der Waals surface area contributed by atoms with Gasteiger partial charge in [0, 0.05) is 55.4 Å². The second-order valence-electron chi connectivity index (χ2n) is 14.7. The topological polar surface area (TPSA) is 66.0 Å². The predicted octanol–water partition coefficient (Wildman–Crippen LogP) is 12.5. The number of aromatic nitrogens is 4. The zero-order chi connectivity index (χ0) is 37.5. The van der Waals surface area contributed by atoms with Gasteiger partial charge in [-0.25, -0.2) is 15.0 Å². The third-order valence-corrected chi connectivity index (χ3v) is 11.4. The van der Waals surface area contributed by atoms with Crippen molar-refractivity contribution in [2.45, 2.75) is 12.0 Å². The minimum absolute atomic E-state index is 0.00653. The number of rotatable bonds is 5. The summed E-state index contributed by atoms with van der Waals surface area (Å²) in [4.78, 5) is 15.3. The summed E-state index contributed by atoms with van der Waals surface area (Å²) in [7, 11) is 0. The fourth-order valence-corrected chi connectivity index (χ4v) is 8.73. The molecule has 0 amide bonds. The number of nitrogens with zero attached hydrogens (tertiary/aromatic N) is 4. The van der Waals surface area contributed by atoms with Crippen molar-refractivity contribution in [3.63, 3.8) is 0 Å². The van der Waals surface area contributed by atoms with Crippen LogP contribution in [0.25, 0.3) is 94.7 Å². The highest BCUT2D eigenvalue weighted by molar-refractivity contribution is 6.15. The van der Waals surface area contributed by atoms with Crippen LogP contribution in [0.3, 0.4) is 0 Å². The lowest BCUT2D eigenvalue weighted by Crippen LogP contribution is -2.15. The lowest BCUT2D eigenvalue weighted by Gasteiger charge is -2.14. The van der Waals surface area contributed by atoms with Gasteiger partial charge in [0.1, 0.15) is 23.0 Å². The van der Waals surface area contributed by atoms with Gasteiger partial charge in [0.05, 0.1) is 11.0 Å². The molecule has 10 aromatic rings. The highest BCUT2D eigenvalue weighted by Gasteiger charge is 2.32. The molecular weight excluding hydrogens is 701 g/mol. The van der Waals surface area contributed by atoms with Crippen LogP contribution in [0.2, 0.25) is 0 Å². The first-order valence-electron chi connectivity index (χ1n) is 19.3. The van der Waals surface area contributed by atoms with Gasteiger partial charge in [0.2, 0.25) is 0 Å². The average Bonchev–Trinajstić information content (AvgIpc) is 3.95. The maximum atomic E-state index is 6.52. The number of furan rings is 1. The van der Waals surface area contributed by atoms with E-state index < -0.39 is 0 Å². The summed E-state index contributed by atoms with van der Waals surface area (Å²) in [5.41, 5.74) is 11.2. The lowest BCUT2D eigenvalue weighted by atomic mass is 9.91. The first-order valence-corrected chi connectivity index (χ1v) is 19.3. The molecule has 0 saturated carbocycles. The Morgan fingerprint density at radius 3 is 2.02 bits per heavy atom. The molecule has 57 heavy (non-hydrogen) atoms. The Kier molecular flexibility index (Phi) is 6.95. The molecular formula is C51H32N4O2. The van der Waals surface area contributed by atoms with E-state index in [1.165, 1.54) is 21.8 Å². The molecule has 268 valence electrons. The van der Waals surface area contributed by atoms with Crippen molar-refractivity contribution in [3.8, 4) is 56.7 Å². The molecule has 2 unspecified atom stereocenters. The molecule has 0 fully saturated rings. The van der Waals surface area contributed by atoms with E-state index in [-0.39, 0.29) is 12.0 Å². The summed E-state index contributed by atoms with van der Waals surface area (Å²) in [6.45, 7) is 0. The van der Waals surface area contributed by atoms with Gasteiger partial charge in [-0.15, -0.1) is 0 Å². The first-order chi connectivity index (χ1) is 28.2. The zero-order valence-corrected chi connectivity index (χ0v) is 30.6. The molecule has 2 atom stereocenters. The quantitative estimate of drug-likeness (QED) is 0.176. The van der Waals surface area contributed by atoms with Crippen molar-refractivity contribution in [3.05, 3.63) is 188 Å². The highest BCUT2D eigenvalue weighted by atomic mass is 16.5. The van der Waals surface area contributed by atoms with Crippen molar-refractivity contribution in [2.24, 2.45) is 0 Å². The van der Waals surface area contributed by atoms with E-state index in [1.807, 2.05) is 66.7 Å². The van der Waals surface area contributed by atoms with Crippen LogP contribution in [0.15, 0.2) is 186 Å². The maximum Gasteiger partial charge on any atom is 0.164 e. The number of benzene rings is 7. The van der Waals surface area contributed by atoms with Crippen LogP contribution >= 0.6 is 0 Å². The Hall–Kier alpha value is -7.57. The molecule has 12 rings (SSSR count). The second kappa shape index (κ2) is 12.5. The highest BCUT2D eigenvalue weighted by Crippen LogP contribution is 2.44. The van der Waals surface area contributed by atoms with Crippen LogP contribution in [0.4, 0.5) is 0 Å². The molecule has 7 aromatic carbocycles. The van der Waals surface area contributed by atoms with Crippen LogP contribution in [-0.2, 0) is 0 Å². The molecule has 6 heteroatoms. The number of fused-ring (bicyclic) bond motifs is 9. The van der Waals surface area contributed by atoms with Crippen LogP contribution in [0, 0.1) is 0 Å². The lowest BCUT2D eigenvalue weighted by molar-refractivity contribution is 0.269. The van der Waals surface area contributed by atoms with E-state index in [9.17, 15) is 0 Å². The fraction of sp³-hybridized carbons (Fsp3) is 0.0392. The van der Waals surface area contributed by atoms with Gasteiger partial charge < -0.3 is 13.7 Å². The van der Waals surface area contributed by atoms with Crippen molar-refractivity contribution >= 4 is 43.7 Å². The summed E-state index contributed by atoms with van der Waals surface area (Å²) < 4.78 is 15.1. The molecule has 0 spiro atoms. The average molecular weight is 733 g/mol. The van der Waals surface area contributed by atoms with Gasteiger partial charge in [0.15, 0.2) is 17.5 Å². The van der Waals surface area contributed by atoms with E-state index in [0.29, 0.717) is 17.5 Å². The van der Waals surface area contributed by atoms with Crippen LogP contribution in [0.1, 0.15) is 11.5 Å². The molecule has 0 N–H and O–H groups in total. The molecule has 0 bridgehead atoms. The van der Waals surface area contributed by atoms with Gasteiger partial charge in [-0.05, 0) is 90.0 Å². The second-order valence-corrected chi connectivity index (χ2v) is 14.7. The molecule has 1 aliphatic carbocycles. The first kappa shape index (κ1) is 31.7. The van der Waals surface area contributed by atoms with Crippen LogP contribution in [-0.4, -0.2) is 25.6 Å². The Morgan fingerprint density at radius 1 is 0.474 bits per heavy atom. The molecule has 0 saturated heterocycles. The molecule has 2 aliphatic rings. The van der Waals surface area contributed by atoms with E-state index >= 15 is 0 Å². The van der Waals surface area contributed by atoms with Crippen molar-refractivity contribution in [1.82, 2.24) is 19.5 Å². The van der Waals surface area contributed by atoms with Gasteiger partial charge in [-0.2, -0.15) is 0 Å². The Bertz CT molecular complexity index is 3290.